The summed E-state index contributed by atoms with van der Waals surface area (Å²) in [5, 5.41) is 0. The van der Waals surface area contributed by atoms with Crippen LogP contribution in [0.5, 0.6) is 0 Å². The van der Waals surface area contributed by atoms with Crippen molar-refractivity contribution in [1.82, 2.24) is 13.9 Å². The minimum Gasteiger partial charge on any atom is -0.384 e. The van der Waals surface area contributed by atoms with E-state index < -0.39 is 10.2 Å². The monoisotopic (exact) mass is 333 g/mol. The summed E-state index contributed by atoms with van der Waals surface area (Å²) < 4.78 is 34.2. The van der Waals surface area contributed by atoms with Crippen LogP contribution in [0.3, 0.4) is 0 Å². The molecule has 130 valence electrons. The lowest BCUT2D eigenvalue weighted by Crippen LogP contribution is -2.46. The number of ether oxygens (including phenoxy) is 1. The molecule has 0 spiro atoms. The van der Waals surface area contributed by atoms with Crippen LogP contribution in [-0.4, -0.2) is 70.6 Å². The van der Waals surface area contributed by atoms with Gasteiger partial charge in [0.1, 0.15) is 0 Å². The van der Waals surface area contributed by atoms with Crippen LogP contribution in [0.2, 0.25) is 0 Å². The molecule has 1 N–H and O–H groups in total. The molecule has 7 heteroatoms. The molecule has 22 heavy (non-hydrogen) atoms. The third-order valence-corrected chi connectivity index (χ3v) is 6.61. The zero-order chi connectivity index (χ0) is 16.0. The fourth-order valence-corrected chi connectivity index (χ4v) is 4.76. The first-order chi connectivity index (χ1) is 10.5. The smallest absolute Gasteiger partial charge is 0.279 e. The molecule has 6 nitrogen and oxygen atoms in total. The number of hydrogen-bond acceptors (Lipinski definition) is 4. The summed E-state index contributed by atoms with van der Waals surface area (Å²) in [5.41, 5.74) is 0. The van der Waals surface area contributed by atoms with E-state index in [1.54, 1.807) is 11.4 Å². The molecular formula is C15H31N3O3S. The Kier molecular flexibility index (Phi) is 7.08. The summed E-state index contributed by atoms with van der Waals surface area (Å²) in [4.78, 5) is 2.36. The van der Waals surface area contributed by atoms with Crippen molar-refractivity contribution < 1.29 is 13.2 Å². The Labute approximate surface area is 135 Å². The Morgan fingerprint density at radius 3 is 2.50 bits per heavy atom. The van der Waals surface area contributed by atoms with Crippen LogP contribution in [-0.2, 0) is 14.9 Å². The van der Waals surface area contributed by atoms with Crippen molar-refractivity contribution in [3.05, 3.63) is 0 Å². The summed E-state index contributed by atoms with van der Waals surface area (Å²) in [6.07, 6.45) is 6.38. The van der Waals surface area contributed by atoms with Gasteiger partial charge in [-0.1, -0.05) is 6.42 Å². The maximum absolute atomic E-state index is 12.3. The van der Waals surface area contributed by atoms with E-state index in [-0.39, 0.29) is 0 Å². The van der Waals surface area contributed by atoms with Crippen LogP contribution >= 0.6 is 0 Å². The Balaban J connectivity index is 1.72. The van der Waals surface area contributed by atoms with Gasteiger partial charge in [0.15, 0.2) is 0 Å². The molecule has 0 aromatic heterocycles. The quantitative estimate of drug-likeness (QED) is 0.757. The first-order valence-corrected chi connectivity index (χ1v) is 9.91. The fourth-order valence-electron chi connectivity index (χ4n) is 3.51. The summed E-state index contributed by atoms with van der Waals surface area (Å²) in [5.74, 6) is 0.493. The molecular weight excluding hydrogens is 302 g/mol. The third kappa shape index (κ3) is 5.16. The first kappa shape index (κ1) is 18.1. The van der Waals surface area contributed by atoms with Crippen molar-refractivity contribution in [1.29, 1.82) is 0 Å². The van der Waals surface area contributed by atoms with Crippen LogP contribution in [0.15, 0.2) is 0 Å². The van der Waals surface area contributed by atoms with Crippen LogP contribution < -0.4 is 4.72 Å². The molecule has 0 saturated carbocycles. The van der Waals surface area contributed by atoms with Crippen molar-refractivity contribution in [2.45, 2.75) is 44.6 Å². The molecule has 0 radical (unpaired) electrons. The zero-order valence-corrected chi connectivity index (χ0v) is 14.8. The summed E-state index contributed by atoms with van der Waals surface area (Å²) in [6, 6.07) is 0.517. The van der Waals surface area contributed by atoms with Crippen molar-refractivity contribution in [3.8, 4) is 0 Å². The largest absolute Gasteiger partial charge is 0.384 e. The van der Waals surface area contributed by atoms with Gasteiger partial charge in [-0.3, -0.25) is 0 Å². The molecule has 1 atom stereocenters. The van der Waals surface area contributed by atoms with Crippen molar-refractivity contribution in [2.24, 2.45) is 5.92 Å². The van der Waals surface area contributed by atoms with Gasteiger partial charge >= 0.3 is 0 Å². The number of nitrogens with one attached hydrogen (secondary N) is 1. The van der Waals surface area contributed by atoms with Gasteiger partial charge in [0.05, 0.1) is 0 Å². The zero-order valence-electron chi connectivity index (χ0n) is 14.0. The summed E-state index contributed by atoms with van der Waals surface area (Å²) in [6.45, 7) is 3.61. The van der Waals surface area contributed by atoms with Gasteiger partial charge in [0.25, 0.3) is 10.2 Å². The van der Waals surface area contributed by atoms with E-state index in [1.807, 2.05) is 0 Å². The second-order valence-electron chi connectivity index (χ2n) is 6.62. The van der Waals surface area contributed by atoms with E-state index in [0.717, 1.165) is 32.4 Å². The molecule has 2 fully saturated rings. The van der Waals surface area contributed by atoms with Gasteiger partial charge in [-0.25, -0.2) is 4.72 Å². The standard InChI is InChI=1S/C15H31N3O3S/c1-17-10-4-3-5-15(17)6-9-16-22(19,20)18-11-7-14(8-12-18)13-21-2/h14-16H,3-13H2,1-2H3. The number of likely N-dealkylation sites (tertiary alicyclic amines) is 1. The minimum absolute atomic E-state index is 0.493. The molecule has 2 aliphatic heterocycles. The Bertz CT molecular complexity index is 422. The number of methoxy groups -OCH3 is 1. The number of piperidine rings is 2. The molecule has 1 unspecified atom stereocenters. The number of hydrogen-bond donors (Lipinski definition) is 1. The van der Waals surface area contributed by atoms with E-state index in [0.29, 0.717) is 31.6 Å². The van der Waals surface area contributed by atoms with Crippen LogP contribution in [0.4, 0.5) is 0 Å². The Morgan fingerprint density at radius 2 is 1.86 bits per heavy atom. The SMILES string of the molecule is COCC1CCN(S(=O)(=O)NCCC2CCCCN2C)CC1. The minimum atomic E-state index is -3.32. The van der Waals surface area contributed by atoms with Crippen molar-refractivity contribution >= 4 is 10.2 Å². The van der Waals surface area contributed by atoms with Gasteiger partial charge in [0, 0.05) is 39.4 Å². The number of nitrogens with zero attached hydrogens (tertiary/aromatic N) is 2. The molecule has 2 heterocycles. The van der Waals surface area contributed by atoms with E-state index in [9.17, 15) is 8.42 Å². The van der Waals surface area contributed by atoms with Gasteiger partial charge in [0.2, 0.25) is 0 Å². The molecule has 2 saturated heterocycles. The average molecular weight is 333 g/mol. The summed E-state index contributed by atoms with van der Waals surface area (Å²) >= 11 is 0. The van der Waals surface area contributed by atoms with Crippen molar-refractivity contribution in [2.75, 3.05) is 46.9 Å². The Morgan fingerprint density at radius 1 is 1.14 bits per heavy atom. The van der Waals surface area contributed by atoms with Crippen LogP contribution in [0, 0.1) is 5.92 Å². The van der Waals surface area contributed by atoms with E-state index in [2.05, 4.69) is 16.7 Å². The van der Waals surface area contributed by atoms with Gasteiger partial charge < -0.3 is 9.64 Å². The molecule has 2 rings (SSSR count). The highest BCUT2D eigenvalue weighted by Crippen LogP contribution is 2.20. The molecule has 0 aromatic rings. The second kappa shape index (κ2) is 8.59. The summed E-state index contributed by atoms with van der Waals surface area (Å²) in [7, 11) is 0.523. The Hall–Kier alpha value is -0.210. The van der Waals surface area contributed by atoms with E-state index >= 15 is 0 Å². The van der Waals surface area contributed by atoms with Crippen molar-refractivity contribution in [3.63, 3.8) is 0 Å². The fraction of sp³-hybridized carbons (Fsp3) is 1.00. The van der Waals surface area contributed by atoms with Crippen LogP contribution in [0.25, 0.3) is 0 Å². The normalized spacial score (nSPS) is 26.4. The van der Waals surface area contributed by atoms with E-state index in [1.165, 1.54) is 19.3 Å². The molecule has 0 bridgehead atoms. The maximum atomic E-state index is 12.3. The lowest BCUT2D eigenvalue weighted by molar-refractivity contribution is 0.121. The van der Waals surface area contributed by atoms with Gasteiger partial charge in [-0.2, -0.15) is 12.7 Å². The van der Waals surface area contributed by atoms with Gasteiger partial charge in [-0.15, -0.1) is 0 Å². The highest BCUT2D eigenvalue weighted by atomic mass is 32.2. The lowest BCUT2D eigenvalue weighted by atomic mass is 9.99. The van der Waals surface area contributed by atoms with Gasteiger partial charge in [-0.05, 0) is 51.6 Å². The lowest BCUT2D eigenvalue weighted by Gasteiger charge is -2.33. The molecule has 0 aromatic carbocycles. The highest BCUT2D eigenvalue weighted by Gasteiger charge is 2.28. The molecule has 0 aliphatic carbocycles. The first-order valence-electron chi connectivity index (χ1n) is 8.47. The molecule has 2 aliphatic rings. The van der Waals surface area contributed by atoms with E-state index in [4.69, 9.17) is 4.74 Å². The predicted octanol–water partition coefficient (Wildman–Crippen LogP) is 1.05. The molecule has 0 amide bonds. The predicted molar refractivity (Wildman–Crippen MR) is 88.0 cm³/mol. The van der Waals surface area contributed by atoms with Crippen LogP contribution in [0.1, 0.15) is 38.5 Å². The second-order valence-corrected chi connectivity index (χ2v) is 8.37. The topological polar surface area (TPSA) is 61.9 Å². The third-order valence-electron chi connectivity index (χ3n) is 5.00. The number of rotatable bonds is 7. The highest BCUT2D eigenvalue weighted by molar-refractivity contribution is 7.87. The maximum Gasteiger partial charge on any atom is 0.279 e. The average Bonchev–Trinajstić information content (AvgIpc) is 2.50.